The normalized spacial score (nSPS) is 23.0. The van der Waals surface area contributed by atoms with Gasteiger partial charge in [-0.25, -0.2) is 13.1 Å². The molecule has 1 saturated carbocycles. The molecule has 5 heteroatoms. The van der Waals surface area contributed by atoms with E-state index in [9.17, 15) is 8.42 Å². The minimum absolute atomic E-state index is 0.324. The molecular weight excluding hydrogens is 284 g/mol. The minimum atomic E-state index is -3.35. The van der Waals surface area contributed by atoms with Gasteiger partial charge < -0.3 is 5.32 Å². The lowest BCUT2D eigenvalue weighted by Crippen LogP contribution is -2.26. The predicted octanol–water partition coefficient (Wildman–Crippen LogP) is 3.37. The van der Waals surface area contributed by atoms with Crippen LogP contribution >= 0.6 is 0 Å². The van der Waals surface area contributed by atoms with E-state index < -0.39 is 10.0 Å². The summed E-state index contributed by atoms with van der Waals surface area (Å²) in [6.07, 6.45) is 6.28. The highest BCUT2D eigenvalue weighted by atomic mass is 32.2. The standard InChI is InChI=1S/C16H26N2O2S/c1-3-13-5-7-14(8-6-13)18-15-9-11-16(12-10-15)21(19,20)17-4-2/h9-14,17-18H,3-8H2,1-2H3. The van der Waals surface area contributed by atoms with Crippen LogP contribution < -0.4 is 10.0 Å². The Hall–Kier alpha value is -1.07. The Morgan fingerprint density at radius 1 is 1.05 bits per heavy atom. The molecule has 0 spiro atoms. The summed E-state index contributed by atoms with van der Waals surface area (Å²) in [7, 11) is -3.35. The second kappa shape index (κ2) is 7.27. The summed E-state index contributed by atoms with van der Waals surface area (Å²) < 4.78 is 26.2. The number of sulfonamides is 1. The van der Waals surface area contributed by atoms with Crippen LogP contribution in [0.4, 0.5) is 5.69 Å². The molecule has 118 valence electrons. The quantitative estimate of drug-likeness (QED) is 0.847. The Bertz CT molecular complexity index is 532. The van der Waals surface area contributed by atoms with Crippen molar-refractivity contribution in [2.45, 2.75) is 56.9 Å². The summed E-state index contributed by atoms with van der Waals surface area (Å²) in [5.41, 5.74) is 1.00. The highest BCUT2D eigenvalue weighted by Crippen LogP contribution is 2.28. The third-order valence-electron chi connectivity index (χ3n) is 4.29. The summed E-state index contributed by atoms with van der Waals surface area (Å²) in [6.45, 7) is 4.45. The summed E-state index contributed by atoms with van der Waals surface area (Å²) >= 11 is 0. The molecular formula is C16H26N2O2S. The van der Waals surface area contributed by atoms with Crippen molar-refractivity contribution in [3.63, 3.8) is 0 Å². The monoisotopic (exact) mass is 310 g/mol. The van der Waals surface area contributed by atoms with Crippen LogP contribution in [0.1, 0.15) is 46.0 Å². The van der Waals surface area contributed by atoms with Crippen LogP contribution in [0.15, 0.2) is 29.2 Å². The molecule has 2 N–H and O–H groups in total. The molecule has 1 fully saturated rings. The topological polar surface area (TPSA) is 58.2 Å². The summed E-state index contributed by atoms with van der Waals surface area (Å²) in [5, 5.41) is 3.52. The number of hydrogen-bond donors (Lipinski definition) is 2. The third kappa shape index (κ3) is 4.45. The zero-order valence-electron chi connectivity index (χ0n) is 12.9. The molecule has 0 aromatic heterocycles. The number of hydrogen-bond acceptors (Lipinski definition) is 3. The van der Waals surface area contributed by atoms with Gasteiger partial charge in [0.1, 0.15) is 0 Å². The SMILES string of the molecule is CCNS(=O)(=O)c1ccc(NC2CCC(CC)CC2)cc1. The van der Waals surface area contributed by atoms with Crippen LogP contribution in [0, 0.1) is 5.92 Å². The lowest BCUT2D eigenvalue weighted by atomic mass is 9.84. The molecule has 4 nitrogen and oxygen atoms in total. The van der Waals surface area contributed by atoms with Crippen molar-refractivity contribution in [2.24, 2.45) is 5.92 Å². The van der Waals surface area contributed by atoms with Gasteiger partial charge in [-0.3, -0.25) is 0 Å². The average Bonchev–Trinajstić information content (AvgIpc) is 2.48. The van der Waals surface area contributed by atoms with Crippen molar-refractivity contribution in [1.29, 1.82) is 0 Å². The second-order valence-corrected chi connectivity index (χ2v) is 7.56. The molecule has 0 aliphatic heterocycles. The summed E-state index contributed by atoms with van der Waals surface area (Å²) in [4.78, 5) is 0.324. The molecule has 1 aromatic rings. The van der Waals surface area contributed by atoms with Crippen molar-refractivity contribution < 1.29 is 8.42 Å². The molecule has 1 aromatic carbocycles. The predicted molar refractivity (Wildman–Crippen MR) is 87.0 cm³/mol. The molecule has 0 bridgehead atoms. The van der Waals surface area contributed by atoms with Gasteiger partial charge in [0.15, 0.2) is 0 Å². The molecule has 0 unspecified atom stereocenters. The molecule has 0 atom stereocenters. The Morgan fingerprint density at radius 2 is 1.67 bits per heavy atom. The van der Waals surface area contributed by atoms with E-state index in [1.807, 2.05) is 12.1 Å². The fraction of sp³-hybridized carbons (Fsp3) is 0.625. The number of nitrogens with one attached hydrogen (secondary N) is 2. The van der Waals surface area contributed by atoms with Crippen LogP contribution in [-0.2, 0) is 10.0 Å². The molecule has 0 amide bonds. The Balaban J connectivity index is 1.94. The van der Waals surface area contributed by atoms with Crippen LogP contribution in [0.25, 0.3) is 0 Å². The van der Waals surface area contributed by atoms with Gasteiger partial charge in [-0.15, -0.1) is 0 Å². The van der Waals surface area contributed by atoms with E-state index in [0.717, 1.165) is 11.6 Å². The van der Waals surface area contributed by atoms with E-state index >= 15 is 0 Å². The van der Waals surface area contributed by atoms with Gasteiger partial charge in [-0.05, 0) is 55.9 Å². The maximum Gasteiger partial charge on any atom is 0.240 e. The van der Waals surface area contributed by atoms with E-state index in [2.05, 4.69) is 17.0 Å². The fourth-order valence-electron chi connectivity index (χ4n) is 2.95. The lowest BCUT2D eigenvalue weighted by Gasteiger charge is -2.29. The van der Waals surface area contributed by atoms with Crippen molar-refractivity contribution in [3.8, 4) is 0 Å². The molecule has 2 rings (SSSR count). The van der Waals surface area contributed by atoms with Crippen molar-refractivity contribution in [1.82, 2.24) is 4.72 Å². The van der Waals surface area contributed by atoms with Crippen molar-refractivity contribution >= 4 is 15.7 Å². The van der Waals surface area contributed by atoms with Gasteiger partial charge in [0.05, 0.1) is 4.90 Å². The highest BCUT2D eigenvalue weighted by molar-refractivity contribution is 7.89. The van der Waals surface area contributed by atoms with Gasteiger partial charge in [0.2, 0.25) is 10.0 Å². The van der Waals surface area contributed by atoms with Crippen LogP contribution in [-0.4, -0.2) is 21.0 Å². The van der Waals surface area contributed by atoms with E-state index in [1.165, 1.54) is 32.1 Å². The van der Waals surface area contributed by atoms with E-state index in [0.29, 0.717) is 17.5 Å². The molecule has 21 heavy (non-hydrogen) atoms. The van der Waals surface area contributed by atoms with Crippen molar-refractivity contribution in [3.05, 3.63) is 24.3 Å². The van der Waals surface area contributed by atoms with Gasteiger partial charge in [0.25, 0.3) is 0 Å². The Labute approximate surface area is 128 Å². The molecule has 0 saturated heterocycles. The highest BCUT2D eigenvalue weighted by Gasteiger charge is 2.20. The first-order valence-electron chi connectivity index (χ1n) is 7.91. The van der Waals surface area contributed by atoms with Crippen LogP contribution in [0.3, 0.4) is 0 Å². The Morgan fingerprint density at radius 3 is 2.19 bits per heavy atom. The van der Waals surface area contributed by atoms with Gasteiger partial charge in [-0.2, -0.15) is 0 Å². The van der Waals surface area contributed by atoms with E-state index in [4.69, 9.17) is 0 Å². The first-order chi connectivity index (χ1) is 10.0. The van der Waals surface area contributed by atoms with Gasteiger partial charge in [0, 0.05) is 18.3 Å². The number of rotatable bonds is 6. The zero-order valence-corrected chi connectivity index (χ0v) is 13.7. The van der Waals surface area contributed by atoms with Crippen LogP contribution in [0.2, 0.25) is 0 Å². The smallest absolute Gasteiger partial charge is 0.240 e. The minimum Gasteiger partial charge on any atom is -0.382 e. The first-order valence-corrected chi connectivity index (χ1v) is 9.39. The maximum absolute atomic E-state index is 11.9. The molecule has 0 heterocycles. The summed E-state index contributed by atoms with van der Waals surface area (Å²) in [6, 6.07) is 7.56. The molecule has 1 aliphatic carbocycles. The average molecular weight is 310 g/mol. The number of anilines is 1. The van der Waals surface area contributed by atoms with Gasteiger partial charge >= 0.3 is 0 Å². The van der Waals surface area contributed by atoms with Crippen molar-refractivity contribution in [2.75, 3.05) is 11.9 Å². The fourth-order valence-corrected chi connectivity index (χ4v) is 4.00. The summed E-state index contributed by atoms with van der Waals surface area (Å²) in [5.74, 6) is 0.885. The van der Waals surface area contributed by atoms with E-state index in [1.54, 1.807) is 19.1 Å². The largest absolute Gasteiger partial charge is 0.382 e. The third-order valence-corrected chi connectivity index (χ3v) is 5.86. The molecule has 1 aliphatic rings. The maximum atomic E-state index is 11.9. The number of benzene rings is 1. The van der Waals surface area contributed by atoms with Crippen LogP contribution in [0.5, 0.6) is 0 Å². The second-order valence-electron chi connectivity index (χ2n) is 5.80. The lowest BCUT2D eigenvalue weighted by molar-refractivity contribution is 0.330. The first kappa shape index (κ1) is 16.3. The van der Waals surface area contributed by atoms with Gasteiger partial charge in [-0.1, -0.05) is 20.3 Å². The zero-order chi connectivity index (χ0) is 15.3. The Kier molecular flexibility index (Phi) is 5.65. The van der Waals surface area contributed by atoms with E-state index in [-0.39, 0.29) is 0 Å². The molecule has 0 radical (unpaired) electrons.